The van der Waals surface area contributed by atoms with E-state index in [1.807, 2.05) is 0 Å². The summed E-state index contributed by atoms with van der Waals surface area (Å²) in [6, 6.07) is 5.03. The number of nitrogens with one attached hydrogen (secondary N) is 1. The molecule has 1 aromatic heterocycles. The maximum Gasteiger partial charge on any atom is 0.434 e. The van der Waals surface area contributed by atoms with Crippen molar-refractivity contribution in [2.75, 3.05) is 20.1 Å². The molecule has 1 amide bonds. The fourth-order valence-electron chi connectivity index (χ4n) is 3.15. The lowest BCUT2D eigenvalue weighted by Gasteiger charge is -2.32. The fraction of sp³-hybridized carbons (Fsp3) is 0.412. The van der Waals surface area contributed by atoms with Gasteiger partial charge in [-0.1, -0.05) is 12.1 Å². The van der Waals surface area contributed by atoms with Crippen molar-refractivity contribution in [2.45, 2.75) is 25.1 Å². The average molecular weight is 370 g/mol. The van der Waals surface area contributed by atoms with Gasteiger partial charge in [0.05, 0.1) is 11.8 Å². The lowest BCUT2D eigenvalue weighted by molar-refractivity contribution is -0.143. The van der Waals surface area contributed by atoms with Crippen LogP contribution in [-0.2, 0) is 6.18 Å². The van der Waals surface area contributed by atoms with Crippen LogP contribution in [0, 0.1) is 5.82 Å². The number of benzene rings is 1. The van der Waals surface area contributed by atoms with Crippen LogP contribution in [0.15, 0.2) is 30.5 Å². The van der Waals surface area contributed by atoms with Crippen LogP contribution in [0.1, 0.15) is 28.9 Å². The molecule has 0 spiro atoms. The number of likely N-dealkylation sites (N-methyl/N-ethyl adjacent to an activating group) is 1. The normalized spacial score (nSPS) is 18.2. The number of likely N-dealkylation sites (tertiary alicyclic amines) is 1. The molecule has 0 aliphatic carbocycles. The number of hydrogen-bond acceptors (Lipinski definition) is 3. The molecular weight excluding hydrogens is 352 g/mol. The summed E-state index contributed by atoms with van der Waals surface area (Å²) in [5.74, 6) is -1.60. The molecule has 1 aliphatic heterocycles. The highest BCUT2D eigenvalue weighted by molar-refractivity contribution is 5.95. The Morgan fingerprint density at radius 1 is 1.31 bits per heavy atom. The van der Waals surface area contributed by atoms with Crippen molar-refractivity contribution in [2.24, 2.45) is 0 Å². The van der Waals surface area contributed by atoms with Gasteiger partial charge in [0.25, 0.3) is 5.91 Å². The Bertz CT molecular complexity index is 802. The summed E-state index contributed by atoms with van der Waals surface area (Å²) in [5, 5.41) is 6.70. The van der Waals surface area contributed by atoms with Crippen molar-refractivity contribution >= 4 is 5.91 Å². The van der Waals surface area contributed by atoms with Crippen molar-refractivity contribution in [3.05, 3.63) is 47.5 Å². The van der Waals surface area contributed by atoms with E-state index in [1.54, 1.807) is 7.05 Å². The number of nitrogens with zero attached hydrogens (tertiary/aromatic N) is 3. The van der Waals surface area contributed by atoms with Gasteiger partial charge >= 0.3 is 6.18 Å². The second-order valence-corrected chi connectivity index (χ2v) is 6.15. The lowest BCUT2D eigenvalue weighted by Crippen LogP contribution is -2.47. The van der Waals surface area contributed by atoms with Crippen molar-refractivity contribution in [3.63, 3.8) is 0 Å². The molecule has 0 saturated carbocycles. The van der Waals surface area contributed by atoms with E-state index in [2.05, 4.69) is 10.4 Å². The Balaban J connectivity index is 2.03. The first kappa shape index (κ1) is 18.4. The highest BCUT2D eigenvalue weighted by atomic mass is 19.4. The first-order valence-corrected chi connectivity index (χ1v) is 8.19. The Morgan fingerprint density at radius 2 is 2.04 bits per heavy atom. The number of alkyl halides is 3. The quantitative estimate of drug-likeness (QED) is 0.846. The number of hydrogen-bond donors (Lipinski definition) is 1. The van der Waals surface area contributed by atoms with E-state index < -0.39 is 29.2 Å². The van der Waals surface area contributed by atoms with Gasteiger partial charge in [-0.05, 0) is 32.0 Å². The third-order valence-corrected chi connectivity index (χ3v) is 4.47. The number of rotatable bonds is 3. The monoisotopic (exact) mass is 370 g/mol. The summed E-state index contributed by atoms with van der Waals surface area (Å²) in [7, 11) is 1.75. The molecule has 1 atom stereocenters. The van der Waals surface area contributed by atoms with Crippen molar-refractivity contribution in [1.29, 1.82) is 0 Å². The van der Waals surface area contributed by atoms with Crippen LogP contribution in [0.2, 0.25) is 0 Å². The highest BCUT2D eigenvalue weighted by Crippen LogP contribution is 2.35. The van der Waals surface area contributed by atoms with E-state index in [9.17, 15) is 22.4 Å². The molecule has 9 heteroatoms. The third kappa shape index (κ3) is 3.44. The first-order valence-electron chi connectivity index (χ1n) is 8.19. The van der Waals surface area contributed by atoms with E-state index in [-0.39, 0.29) is 11.7 Å². The predicted molar refractivity (Wildman–Crippen MR) is 86.5 cm³/mol. The summed E-state index contributed by atoms with van der Waals surface area (Å²) >= 11 is 0. The van der Waals surface area contributed by atoms with Gasteiger partial charge in [0.1, 0.15) is 11.5 Å². The van der Waals surface area contributed by atoms with Crippen molar-refractivity contribution in [3.8, 4) is 5.69 Å². The largest absolute Gasteiger partial charge is 0.434 e. The van der Waals surface area contributed by atoms with Gasteiger partial charge in [-0.15, -0.1) is 0 Å². The molecule has 3 rings (SSSR count). The van der Waals surface area contributed by atoms with E-state index in [0.717, 1.165) is 18.7 Å². The number of carbonyl (C=O) groups excluding carboxylic acids is 1. The second kappa shape index (κ2) is 7.06. The van der Waals surface area contributed by atoms with E-state index in [4.69, 9.17) is 0 Å². The van der Waals surface area contributed by atoms with Gasteiger partial charge in [-0.3, -0.25) is 4.79 Å². The molecule has 2 aromatic rings. The van der Waals surface area contributed by atoms with Gasteiger partial charge in [0, 0.05) is 19.1 Å². The second-order valence-electron chi connectivity index (χ2n) is 6.15. The molecule has 2 heterocycles. The third-order valence-electron chi connectivity index (χ3n) is 4.47. The van der Waals surface area contributed by atoms with Crippen LogP contribution in [0.4, 0.5) is 17.6 Å². The van der Waals surface area contributed by atoms with Gasteiger partial charge in [0.15, 0.2) is 5.69 Å². The molecule has 0 bridgehead atoms. The molecule has 140 valence electrons. The number of para-hydroxylation sites is 1. The number of halogens is 4. The summed E-state index contributed by atoms with van der Waals surface area (Å²) < 4.78 is 55.4. The molecule has 5 nitrogen and oxygen atoms in total. The Kier molecular flexibility index (Phi) is 4.99. The zero-order valence-electron chi connectivity index (χ0n) is 14.1. The molecule has 1 N–H and O–H groups in total. The average Bonchev–Trinajstić information content (AvgIpc) is 3.06. The van der Waals surface area contributed by atoms with E-state index in [1.165, 1.54) is 23.1 Å². The Morgan fingerprint density at radius 3 is 2.69 bits per heavy atom. The molecule has 1 aliphatic rings. The summed E-state index contributed by atoms with van der Waals surface area (Å²) in [4.78, 5) is 14.1. The van der Waals surface area contributed by atoms with Crippen LogP contribution < -0.4 is 5.32 Å². The zero-order chi connectivity index (χ0) is 18.9. The van der Waals surface area contributed by atoms with E-state index in [0.29, 0.717) is 24.2 Å². The Hall–Kier alpha value is -2.42. The molecule has 26 heavy (non-hydrogen) atoms. The van der Waals surface area contributed by atoms with Gasteiger partial charge in [0.2, 0.25) is 0 Å². The maximum absolute atomic E-state index is 14.0. The minimum Gasteiger partial charge on any atom is -0.337 e. The van der Waals surface area contributed by atoms with Crippen LogP contribution in [0.3, 0.4) is 0 Å². The van der Waals surface area contributed by atoms with Crippen LogP contribution in [-0.4, -0.2) is 46.8 Å². The van der Waals surface area contributed by atoms with Gasteiger partial charge in [-0.2, -0.15) is 18.3 Å². The highest BCUT2D eigenvalue weighted by Gasteiger charge is 2.42. The SMILES string of the molecule is CN[C@@H]1CCCN(C(=O)c2cnn(-c3ccccc3F)c2C(F)(F)F)C1. The minimum absolute atomic E-state index is 0.0312. The molecule has 0 radical (unpaired) electrons. The standard InChI is InChI=1S/C17H18F4N4O/c1-22-11-5-4-8-24(10-11)16(26)12-9-23-25(15(12)17(19,20)21)14-7-3-2-6-13(14)18/h2-3,6-7,9,11,22H,4-5,8,10H2,1H3/t11-/m1/s1. The smallest absolute Gasteiger partial charge is 0.337 e. The predicted octanol–water partition coefficient (Wildman–Crippen LogP) is 2.85. The topological polar surface area (TPSA) is 50.2 Å². The van der Waals surface area contributed by atoms with Crippen LogP contribution >= 0.6 is 0 Å². The van der Waals surface area contributed by atoms with E-state index >= 15 is 0 Å². The minimum atomic E-state index is -4.86. The summed E-state index contributed by atoms with van der Waals surface area (Å²) in [6.07, 6.45) is -2.45. The molecule has 1 saturated heterocycles. The molecule has 0 unspecified atom stereocenters. The lowest BCUT2D eigenvalue weighted by atomic mass is 10.0. The van der Waals surface area contributed by atoms with Gasteiger partial charge < -0.3 is 10.2 Å². The van der Waals surface area contributed by atoms with Crippen LogP contribution in [0.5, 0.6) is 0 Å². The maximum atomic E-state index is 14.0. The van der Waals surface area contributed by atoms with Crippen LogP contribution in [0.25, 0.3) is 5.69 Å². The van der Waals surface area contributed by atoms with Gasteiger partial charge in [-0.25, -0.2) is 9.07 Å². The molecular formula is C17H18F4N4O. The number of aromatic nitrogens is 2. The zero-order valence-corrected chi connectivity index (χ0v) is 14.1. The summed E-state index contributed by atoms with van der Waals surface area (Å²) in [5.41, 5.74) is -2.19. The molecule has 1 aromatic carbocycles. The molecule has 1 fully saturated rings. The first-order chi connectivity index (χ1) is 12.3. The fourth-order valence-corrected chi connectivity index (χ4v) is 3.15. The number of carbonyl (C=O) groups is 1. The van der Waals surface area contributed by atoms with Crippen molar-refractivity contribution < 1.29 is 22.4 Å². The van der Waals surface area contributed by atoms with Crippen molar-refractivity contribution in [1.82, 2.24) is 20.0 Å². The number of amides is 1. The number of piperidine rings is 1. The Labute approximate surface area is 147 Å². The summed E-state index contributed by atoms with van der Waals surface area (Å²) in [6.45, 7) is 0.691.